The number of alkyl halides is 1. The third kappa shape index (κ3) is 3.19. The van der Waals surface area contributed by atoms with E-state index in [2.05, 4.69) is 4.90 Å². The Hall–Kier alpha value is -0.560. The zero-order valence-electron chi connectivity index (χ0n) is 12.0. The largest absolute Gasteiger partial charge is 0.349 e. The molecule has 0 aromatic carbocycles. The summed E-state index contributed by atoms with van der Waals surface area (Å²) in [6.07, 6.45) is 2.56. The third-order valence-corrected chi connectivity index (χ3v) is 5.89. The van der Waals surface area contributed by atoms with Crippen molar-refractivity contribution < 1.29 is 8.42 Å². The lowest BCUT2D eigenvalue weighted by molar-refractivity contribution is 0.347. The highest BCUT2D eigenvalue weighted by Gasteiger charge is 2.27. The molecule has 1 aliphatic heterocycles. The maximum atomic E-state index is 12.7. The van der Waals surface area contributed by atoms with Gasteiger partial charge in [0.25, 0.3) is 0 Å². The van der Waals surface area contributed by atoms with Crippen LogP contribution >= 0.6 is 11.6 Å². The van der Waals surface area contributed by atoms with Crippen LogP contribution in [-0.2, 0) is 22.4 Å². The topological polar surface area (TPSA) is 45.6 Å². The van der Waals surface area contributed by atoms with Crippen LogP contribution in [0, 0.1) is 0 Å². The summed E-state index contributed by atoms with van der Waals surface area (Å²) in [7, 11) is -1.38. The molecule has 114 valence electrons. The maximum absolute atomic E-state index is 12.7. The van der Waals surface area contributed by atoms with Crippen LogP contribution in [0.5, 0.6) is 0 Å². The molecule has 1 saturated heterocycles. The zero-order chi connectivity index (χ0) is 14.8. The van der Waals surface area contributed by atoms with Crippen molar-refractivity contribution in [2.75, 3.05) is 33.2 Å². The molecule has 2 heterocycles. The van der Waals surface area contributed by atoms with Crippen molar-refractivity contribution in [1.29, 1.82) is 0 Å². The van der Waals surface area contributed by atoms with Gasteiger partial charge in [0, 0.05) is 38.1 Å². The number of hydrogen-bond acceptors (Lipinski definition) is 3. The number of hydrogen-bond donors (Lipinski definition) is 0. The van der Waals surface area contributed by atoms with Crippen molar-refractivity contribution in [3.63, 3.8) is 0 Å². The average molecular weight is 320 g/mol. The first kappa shape index (κ1) is 15.8. The van der Waals surface area contributed by atoms with Gasteiger partial charge in [0.05, 0.1) is 5.88 Å². The van der Waals surface area contributed by atoms with Crippen LogP contribution < -0.4 is 0 Å². The summed E-state index contributed by atoms with van der Waals surface area (Å²) in [6, 6.07) is 1.69. The van der Waals surface area contributed by atoms with Crippen LogP contribution in [0.1, 0.15) is 19.0 Å². The van der Waals surface area contributed by atoms with Crippen LogP contribution in [-0.4, -0.2) is 55.4 Å². The van der Waals surface area contributed by atoms with Gasteiger partial charge in [-0.05, 0) is 33.0 Å². The summed E-state index contributed by atoms with van der Waals surface area (Å²) in [5.41, 5.74) is 0.847. The standard InChI is InChI=1S/C13H22ClN3O2S/c1-3-16-11-13(9-12(16)10-14)20(18,19)17-6-4-5-15(2)7-8-17/h9,11H,3-8,10H2,1-2H3. The van der Waals surface area contributed by atoms with E-state index in [1.54, 1.807) is 16.6 Å². The van der Waals surface area contributed by atoms with Crippen molar-refractivity contribution in [3.05, 3.63) is 18.0 Å². The molecular formula is C13H22ClN3O2S. The molecule has 5 nitrogen and oxygen atoms in total. The lowest BCUT2D eigenvalue weighted by Gasteiger charge is -2.19. The Labute approximate surface area is 126 Å². The van der Waals surface area contributed by atoms with Crippen LogP contribution in [0.25, 0.3) is 0 Å². The second kappa shape index (κ2) is 6.47. The van der Waals surface area contributed by atoms with Crippen molar-refractivity contribution in [3.8, 4) is 0 Å². The zero-order valence-corrected chi connectivity index (χ0v) is 13.6. The monoisotopic (exact) mass is 319 g/mol. The van der Waals surface area contributed by atoms with Crippen molar-refractivity contribution >= 4 is 21.6 Å². The molecule has 1 aromatic rings. The molecule has 7 heteroatoms. The number of aryl methyl sites for hydroxylation is 1. The van der Waals surface area contributed by atoms with Gasteiger partial charge in [-0.25, -0.2) is 8.42 Å². The smallest absolute Gasteiger partial charge is 0.244 e. The molecule has 2 rings (SSSR count). The minimum Gasteiger partial charge on any atom is -0.349 e. The molecule has 0 N–H and O–H groups in total. The van der Waals surface area contributed by atoms with Gasteiger partial charge in [0.2, 0.25) is 10.0 Å². The Morgan fingerprint density at radius 1 is 1.25 bits per heavy atom. The molecular weight excluding hydrogens is 298 g/mol. The van der Waals surface area contributed by atoms with Gasteiger partial charge in [-0.2, -0.15) is 4.31 Å². The fraction of sp³-hybridized carbons (Fsp3) is 0.692. The molecule has 0 atom stereocenters. The molecule has 0 spiro atoms. The quantitative estimate of drug-likeness (QED) is 0.791. The Bertz CT molecular complexity index is 534. The summed E-state index contributed by atoms with van der Waals surface area (Å²) < 4.78 is 28.9. The van der Waals surface area contributed by atoms with Gasteiger partial charge in [-0.15, -0.1) is 11.6 Å². The summed E-state index contributed by atoms with van der Waals surface area (Å²) in [5, 5.41) is 0. The van der Waals surface area contributed by atoms with Gasteiger partial charge in [-0.1, -0.05) is 0 Å². The van der Waals surface area contributed by atoms with E-state index < -0.39 is 10.0 Å². The van der Waals surface area contributed by atoms with E-state index in [9.17, 15) is 8.42 Å². The summed E-state index contributed by atoms with van der Waals surface area (Å²) in [4.78, 5) is 2.52. The number of sulfonamides is 1. The first-order chi connectivity index (χ1) is 9.48. The number of rotatable bonds is 4. The molecule has 1 aliphatic rings. The summed E-state index contributed by atoms with van der Waals surface area (Å²) in [6.45, 7) is 5.55. The van der Waals surface area contributed by atoms with Crippen LogP contribution in [0.3, 0.4) is 0 Å². The van der Waals surface area contributed by atoms with Gasteiger partial charge in [0.1, 0.15) is 4.90 Å². The number of likely N-dealkylation sites (N-methyl/N-ethyl adjacent to an activating group) is 1. The molecule has 1 fully saturated rings. The Morgan fingerprint density at radius 2 is 2.00 bits per heavy atom. The average Bonchev–Trinajstić information content (AvgIpc) is 2.74. The molecule has 0 unspecified atom stereocenters. The predicted molar refractivity (Wildman–Crippen MR) is 80.5 cm³/mol. The molecule has 0 saturated carbocycles. The number of aromatic nitrogens is 1. The normalized spacial score (nSPS) is 19.1. The molecule has 20 heavy (non-hydrogen) atoms. The first-order valence-corrected chi connectivity index (χ1v) is 8.90. The maximum Gasteiger partial charge on any atom is 0.244 e. The Morgan fingerprint density at radius 3 is 2.60 bits per heavy atom. The van der Waals surface area contributed by atoms with Crippen molar-refractivity contribution in [2.24, 2.45) is 0 Å². The molecule has 0 aliphatic carbocycles. The molecule has 0 radical (unpaired) electrons. The fourth-order valence-electron chi connectivity index (χ4n) is 2.48. The van der Waals surface area contributed by atoms with Gasteiger partial charge in [-0.3, -0.25) is 0 Å². The minimum atomic E-state index is -3.40. The fourth-order valence-corrected chi connectivity index (χ4v) is 4.25. The van der Waals surface area contributed by atoms with Crippen molar-refractivity contribution in [1.82, 2.24) is 13.8 Å². The van der Waals surface area contributed by atoms with E-state index in [-0.39, 0.29) is 0 Å². The highest BCUT2D eigenvalue weighted by molar-refractivity contribution is 7.89. The van der Waals surface area contributed by atoms with E-state index in [4.69, 9.17) is 11.6 Å². The van der Waals surface area contributed by atoms with E-state index in [1.807, 2.05) is 18.5 Å². The van der Waals surface area contributed by atoms with Crippen LogP contribution in [0.4, 0.5) is 0 Å². The Kier molecular flexibility index (Phi) is 5.12. The van der Waals surface area contributed by atoms with Crippen LogP contribution in [0.15, 0.2) is 17.2 Å². The first-order valence-electron chi connectivity index (χ1n) is 6.92. The SMILES string of the molecule is CCn1cc(S(=O)(=O)N2CCCN(C)CC2)cc1CCl. The lowest BCUT2D eigenvalue weighted by Crippen LogP contribution is -2.34. The van der Waals surface area contributed by atoms with E-state index in [1.165, 1.54) is 0 Å². The van der Waals surface area contributed by atoms with E-state index in [0.29, 0.717) is 23.9 Å². The number of nitrogens with zero attached hydrogens (tertiary/aromatic N) is 3. The minimum absolute atomic E-state index is 0.325. The van der Waals surface area contributed by atoms with E-state index in [0.717, 1.165) is 31.7 Å². The van der Waals surface area contributed by atoms with Gasteiger partial charge in [0.15, 0.2) is 0 Å². The van der Waals surface area contributed by atoms with Crippen LogP contribution in [0.2, 0.25) is 0 Å². The molecule has 1 aromatic heterocycles. The van der Waals surface area contributed by atoms with E-state index >= 15 is 0 Å². The van der Waals surface area contributed by atoms with Crippen molar-refractivity contribution in [2.45, 2.75) is 30.7 Å². The predicted octanol–water partition coefficient (Wildman–Crippen LogP) is 1.57. The van der Waals surface area contributed by atoms with Gasteiger partial charge < -0.3 is 9.47 Å². The summed E-state index contributed by atoms with van der Waals surface area (Å²) in [5.74, 6) is 0.325. The lowest BCUT2D eigenvalue weighted by atomic mass is 10.4. The second-order valence-electron chi connectivity index (χ2n) is 5.15. The molecule has 0 amide bonds. The highest BCUT2D eigenvalue weighted by Crippen LogP contribution is 2.21. The third-order valence-electron chi connectivity index (χ3n) is 3.75. The highest BCUT2D eigenvalue weighted by atomic mass is 35.5. The molecule has 0 bridgehead atoms. The number of halogens is 1. The van der Waals surface area contributed by atoms with Gasteiger partial charge >= 0.3 is 0 Å². The summed E-state index contributed by atoms with van der Waals surface area (Å²) >= 11 is 5.87. The second-order valence-corrected chi connectivity index (χ2v) is 7.35. The Balaban J connectivity index is 2.27.